The molecule has 3 aromatic heterocycles. The third-order valence-electron chi connectivity index (χ3n) is 4.77. The smallest absolute Gasteiger partial charge is 0.105 e. The van der Waals surface area contributed by atoms with Crippen molar-refractivity contribution in [3.63, 3.8) is 0 Å². The molecule has 25 heavy (non-hydrogen) atoms. The fourth-order valence-electron chi connectivity index (χ4n) is 2.11. The summed E-state index contributed by atoms with van der Waals surface area (Å²) in [5, 5.41) is 0. The first-order valence-corrected chi connectivity index (χ1v) is 8.42. The topological polar surface area (TPSA) is 53.5 Å². The number of aryl methyl sites for hydroxylation is 6. The summed E-state index contributed by atoms with van der Waals surface area (Å²) in [6.07, 6.45) is 3.69. The van der Waals surface area contributed by atoms with E-state index in [1.54, 1.807) is 0 Å². The molecule has 6 heteroatoms. The van der Waals surface area contributed by atoms with Gasteiger partial charge in [0.2, 0.25) is 0 Å². The second-order valence-electron chi connectivity index (χ2n) is 6.42. The minimum atomic E-state index is 1.07. The van der Waals surface area contributed by atoms with Gasteiger partial charge in [0.25, 0.3) is 0 Å². The highest BCUT2D eigenvalue weighted by Crippen LogP contribution is 2.05. The van der Waals surface area contributed by atoms with Crippen molar-refractivity contribution in [1.29, 1.82) is 0 Å². The number of hydrogen-bond acceptors (Lipinski definition) is 3. The molecule has 3 aromatic rings. The molecule has 0 aliphatic heterocycles. The predicted molar refractivity (Wildman–Crippen MR) is 103 cm³/mol. The van der Waals surface area contributed by atoms with Gasteiger partial charge in [-0.2, -0.15) is 0 Å². The molecule has 0 amide bonds. The second kappa shape index (κ2) is 8.65. The lowest BCUT2D eigenvalue weighted by Gasteiger charge is -1.94. The van der Waals surface area contributed by atoms with Crippen LogP contribution >= 0.6 is 0 Å². The van der Waals surface area contributed by atoms with Gasteiger partial charge in [0, 0.05) is 44.4 Å². The molecule has 3 heterocycles. The Morgan fingerprint density at radius 2 is 1.28 bits per heavy atom. The van der Waals surface area contributed by atoms with Crippen LogP contribution in [0, 0.1) is 48.5 Å². The summed E-state index contributed by atoms with van der Waals surface area (Å²) < 4.78 is 6.16. The van der Waals surface area contributed by atoms with Crippen LogP contribution in [0.5, 0.6) is 0 Å². The average molecular weight is 345 g/mol. The minimum absolute atomic E-state index is 1.07. The van der Waals surface area contributed by atoms with Gasteiger partial charge in [-0.25, -0.2) is 15.0 Å². The average Bonchev–Trinajstić information content (AvgIpc) is 3.11. The number of rotatable bonds is 0. The first kappa shape index (κ1) is 20.7. The van der Waals surface area contributed by atoms with Crippen molar-refractivity contribution >= 4 is 0 Å². The SMILES string of the molecule is Cc1cnc(C)n1C.Cc1nc(C)n(C)c1C.Cc1ncn(C)c1C. The Morgan fingerprint density at radius 1 is 0.680 bits per heavy atom. The van der Waals surface area contributed by atoms with Crippen molar-refractivity contribution < 1.29 is 0 Å². The summed E-state index contributed by atoms with van der Waals surface area (Å²) in [7, 11) is 6.04. The summed E-state index contributed by atoms with van der Waals surface area (Å²) in [6, 6.07) is 0. The van der Waals surface area contributed by atoms with Crippen LogP contribution in [-0.2, 0) is 21.1 Å². The zero-order valence-electron chi connectivity index (χ0n) is 17.3. The molecule has 0 bridgehead atoms. The van der Waals surface area contributed by atoms with Crippen molar-refractivity contribution in [3.05, 3.63) is 52.6 Å². The highest BCUT2D eigenvalue weighted by molar-refractivity contribution is 5.12. The zero-order valence-corrected chi connectivity index (χ0v) is 17.3. The molecule has 0 saturated heterocycles. The van der Waals surface area contributed by atoms with Crippen LogP contribution in [0.15, 0.2) is 12.5 Å². The lowest BCUT2D eigenvalue weighted by atomic mass is 10.4. The third-order valence-corrected chi connectivity index (χ3v) is 4.77. The first-order valence-electron chi connectivity index (χ1n) is 8.42. The largest absolute Gasteiger partial charge is 0.338 e. The van der Waals surface area contributed by atoms with Gasteiger partial charge in [0.15, 0.2) is 0 Å². The highest BCUT2D eigenvalue weighted by atomic mass is 15.1. The van der Waals surface area contributed by atoms with Gasteiger partial charge in [-0.3, -0.25) is 0 Å². The van der Waals surface area contributed by atoms with Crippen LogP contribution in [0.2, 0.25) is 0 Å². The summed E-state index contributed by atoms with van der Waals surface area (Å²) in [4.78, 5) is 12.4. The Kier molecular flexibility index (Phi) is 7.15. The predicted octanol–water partition coefficient (Wildman–Crippen LogP) is 3.42. The van der Waals surface area contributed by atoms with Gasteiger partial charge in [-0.05, 0) is 48.5 Å². The monoisotopic (exact) mass is 344 g/mol. The van der Waals surface area contributed by atoms with Gasteiger partial charge in [0.05, 0.1) is 17.7 Å². The van der Waals surface area contributed by atoms with E-state index in [1.807, 2.05) is 72.9 Å². The van der Waals surface area contributed by atoms with Crippen molar-refractivity contribution in [1.82, 2.24) is 28.7 Å². The van der Waals surface area contributed by atoms with Gasteiger partial charge in [-0.15, -0.1) is 0 Å². The van der Waals surface area contributed by atoms with Crippen LogP contribution < -0.4 is 0 Å². The lowest BCUT2D eigenvalue weighted by Crippen LogP contribution is -1.92. The molecule has 0 spiro atoms. The molecule has 0 N–H and O–H groups in total. The molecule has 3 rings (SSSR count). The van der Waals surface area contributed by atoms with E-state index in [4.69, 9.17) is 0 Å². The Balaban J connectivity index is 0.000000188. The van der Waals surface area contributed by atoms with Crippen LogP contribution in [0.3, 0.4) is 0 Å². The van der Waals surface area contributed by atoms with E-state index in [0.29, 0.717) is 0 Å². The molecule has 0 saturated carbocycles. The molecular weight excluding hydrogens is 312 g/mol. The van der Waals surface area contributed by atoms with Crippen molar-refractivity contribution in [2.24, 2.45) is 21.1 Å². The normalized spacial score (nSPS) is 10.0. The van der Waals surface area contributed by atoms with Crippen molar-refractivity contribution in [3.8, 4) is 0 Å². The molecule has 0 aliphatic rings. The van der Waals surface area contributed by atoms with E-state index in [0.717, 1.165) is 23.0 Å². The Bertz CT molecular complexity index is 714. The van der Waals surface area contributed by atoms with Crippen LogP contribution in [0.25, 0.3) is 0 Å². The fraction of sp³-hybridized carbons (Fsp3) is 0.526. The summed E-state index contributed by atoms with van der Waals surface area (Å²) >= 11 is 0. The molecular formula is C19H32N6. The molecule has 138 valence electrons. The zero-order chi connectivity index (χ0) is 19.3. The van der Waals surface area contributed by atoms with Crippen LogP contribution in [0.1, 0.15) is 40.1 Å². The van der Waals surface area contributed by atoms with Crippen molar-refractivity contribution in [2.45, 2.75) is 48.5 Å². The maximum Gasteiger partial charge on any atom is 0.105 e. The lowest BCUT2D eigenvalue weighted by molar-refractivity contribution is 0.827. The quantitative estimate of drug-likeness (QED) is 0.628. The van der Waals surface area contributed by atoms with E-state index in [-0.39, 0.29) is 0 Å². The summed E-state index contributed by atoms with van der Waals surface area (Å²) in [6.45, 7) is 14.2. The number of hydrogen-bond donors (Lipinski definition) is 0. The minimum Gasteiger partial charge on any atom is -0.338 e. The molecule has 0 unspecified atom stereocenters. The standard InChI is InChI=1S/C7H12N2.2C6H10N2/c1-5-6(2)9(4)7(3)8-5;1-5-6(2)8(3)4-7-5;1-5-4-7-6(2)8(5)3/h1-4H3;2*4H,1-3H3. The Hall–Kier alpha value is -2.37. The third kappa shape index (κ3) is 5.31. The van der Waals surface area contributed by atoms with Gasteiger partial charge in [0.1, 0.15) is 11.6 Å². The number of imidazole rings is 3. The maximum absolute atomic E-state index is 4.27. The molecule has 0 aromatic carbocycles. The number of nitrogens with zero attached hydrogens (tertiary/aromatic N) is 6. The Labute approximate surface area is 151 Å². The van der Waals surface area contributed by atoms with Gasteiger partial charge in [-0.1, -0.05) is 0 Å². The van der Waals surface area contributed by atoms with Crippen molar-refractivity contribution in [2.75, 3.05) is 0 Å². The second-order valence-corrected chi connectivity index (χ2v) is 6.42. The summed E-state index contributed by atoms with van der Waals surface area (Å²) in [5.41, 5.74) is 5.96. The van der Waals surface area contributed by atoms with E-state index >= 15 is 0 Å². The molecule has 0 radical (unpaired) electrons. The highest BCUT2D eigenvalue weighted by Gasteiger charge is 2.00. The van der Waals surface area contributed by atoms with E-state index in [9.17, 15) is 0 Å². The molecule has 0 aliphatic carbocycles. The molecule has 6 nitrogen and oxygen atoms in total. The molecule has 0 atom stereocenters. The number of aromatic nitrogens is 6. The van der Waals surface area contributed by atoms with Crippen LogP contribution in [0.4, 0.5) is 0 Å². The first-order chi connectivity index (χ1) is 11.6. The summed E-state index contributed by atoms with van der Waals surface area (Å²) in [5.74, 6) is 2.16. The van der Waals surface area contributed by atoms with Gasteiger partial charge < -0.3 is 13.7 Å². The van der Waals surface area contributed by atoms with E-state index in [1.165, 1.54) is 17.1 Å². The van der Waals surface area contributed by atoms with E-state index in [2.05, 4.69) is 37.9 Å². The van der Waals surface area contributed by atoms with Crippen LogP contribution in [-0.4, -0.2) is 28.7 Å². The maximum atomic E-state index is 4.27. The fourth-order valence-corrected chi connectivity index (χ4v) is 2.11. The van der Waals surface area contributed by atoms with E-state index < -0.39 is 0 Å². The van der Waals surface area contributed by atoms with Gasteiger partial charge >= 0.3 is 0 Å². The Morgan fingerprint density at radius 3 is 1.40 bits per heavy atom. The molecule has 0 fully saturated rings.